The average molecular weight is 177 g/mol. The summed E-state index contributed by atoms with van der Waals surface area (Å²) < 4.78 is 0. The van der Waals surface area contributed by atoms with Gasteiger partial charge in [-0.3, -0.25) is 4.79 Å². The third kappa shape index (κ3) is 3.85. The van der Waals surface area contributed by atoms with Crippen LogP contribution < -0.4 is 5.32 Å². The minimum absolute atomic E-state index is 0.174. The van der Waals surface area contributed by atoms with E-state index in [-0.39, 0.29) is 5.78 Å². The van der Waals surface area contributed by atoms with Crippen LogP contribution in [0.4, 0.5) is 0 Å². The lowest BCUT2D eigenvalue weighted by Crippen LogP contribution is -2.20. The predicted octanol–water partition coefficient (Wildman–Crippen LogP) is 1.67. The predicted molar refractivity (Wildman–Crippen MR) is 53.6 cm³/mol. The molecule has 0 radical (unpaired) electrons. The van der Waals surface area contributed by atoms with Crippen LogP contribution in [0.15, 0.2) is 24.3 Å². The molecule has 2 nitrogen and oxygen atoms in total. The third-order valence-electron chi connectivity index (χ3n) is 1.79. The van der Waals surface area contributed by atoms with Crippen LogP contribution in [0.5, 0.6) is 0 Å². The number of benzene rings is 1. The Hall–Kier alpha value is -1.15. The van der Waals surface area contributed by atoms with E-state index < -0.39 is 0 Å². The molecular weight excluding hydrogens is 162 g/mol. The van der Waals surface area contributed by atoms with Crippen molar-refractivity contribution in [1.29, 1.82) is 0 Å². The van der Waals surface area contributed by atoms with Crippen LogP contribution in [0.25, 0.3) is 0 Å². The van der Waals surface area contributed by atoms with Gasteiger partial charge in [0.25, 0.3) is 0 Å². The zero-order chi connectivity index (χ0) is 9.68. The van der Waals surface area contributed by atoms with E-state index in [0.29, 0.717) is 6.54 Å². The summed E-state index contributed by atoms with van der Waals surface area (Å²) in [6, 6.07) is 8.27. The van der Waals surface area contributed by atoms with Gasteiger partial charge < -0.3 is 5.32 Å². The number of carbonyl (C=O) groups excluding carboxylic acids is 1. The van der Waals surface area contributed by atoms with Gasteiger partial charge in [0.2, 0.25) is 0 Å². The number of hydrogen-bond donors (Lipinski definition) is 1. The van der Waals surface area contributed by atoms with Gasteiger partial charge in [-0.25, -0.2) is 0 Å². The summed E-state index contributed by atoms with van der Waals surface area (Å²) in [6.07, 6.45) is 0. The molecule has 0 saturated heterocycles. The van der Waals surface area contributed by atoms with E-state index in [1.807, 2.05) is 6.07 Å². The lowest BCUT2D eigenvalue weighted by molar-refractivity contribution is -0.116. The van der Waals surface area contributed by atoms with Crippen molar-refractivity contribution in [2.45, 2.75) is 20.4 Å². The van der Waals surface area contributed by atoms with E-state index >= 15 is 0 Å². The molecule has 0 aliphatic heterocycles. The summed E-state index contributed by atoms with van der Waals surface area (Å²) in [4.78, 5) is 10.6. The molecule has 2 heteroatoms. The number of nitrogens with one attached hydrogen (secondary N) is 1. The minimum Gasteiger partial charge on any atom is -0.306 e. The van der Waals surface area contributed by atoms with Gasteiger partial charge in [0.15, 0.2) is 0 Å². The Kier molecular flexibility index (Phi) is 3.65. The zero-order valence-corrected chi connectivity index (χ0v) is 8.13. The van der Waals surface area contributed by atoms with E-state index in [1.54, 1.807) is 6.92 Å². The summed E-state index contributed by atoms with van der Waals surface area (Å²) in [5, 5.41) is 3.08. The third-order valence-corrected chi connectivity index (χ3v) is 1.79. The Morgan fingerprint density at radius 1 is 1.46 bits per heavy atom. The maximum absolute atomic E-state index is 10.6. The van der Waals surface area contributed by atoms with Crippen molar-refractivity contribution in [2.24, 2.45) is 0 Å². The molecule has 1 rings (SSSR count). The van der Waals surface area contributed by atoms with Crippen LogP contribution in [0, 0.1) is 6.92 Å². The SMILES string of the molecule is CC(=O)CNCc1cccc(C)c1. The standard InChI is InChI=1S/C11H15NO/c1-9-4-3-5-11(6-9)8-12-7-10(2)13/h3-6,12H,7-8H2,1-2H3. The van der Waals surface area contributed by atoms with Crippen LogP contribution in [0.1, 0.15) is 18.1 Å². The number of ketones is 1. The summed E-state index contributed by atoms with van der Waals surface area (Å²) in [7, 11) is 0. The maximum Gasteiger partial charge on any atom is 0.143 e. The Morgan fingerprint density at radius 2 is 2.23 bits per heavy atom. The van der Waals surface area contributed by atoms with E-state index in [4.69, 9.17) is 0 Å². The van der Waals surface area contributed by atoms with Crippen LogP contribution in [0.2, 0.25) is 0 Å². The van der Waals surface area contributed by atoms with E-state index in [2.05, 4.69) is 30.4 Å². The molecule has 0 aromatic heterocycles. The first-order valence-electron chi connectivity index (χ1n) is 4.44. The molecule has 0 amide bonds. The molecule has 0 aliphatic carbocycles. The highest BCUT2D eigenvalue weighted by Crippen LogP contribution is 2.02. The van der Waals surface area contributed by atoms with Crippen molar-refractivity contribution < 1.29 is 4.79 Å². The van der Waals surface area contributed by atoms with Crippen molar-refractivity contribution in [1.82, 2.24) is 5.32 Å². The first kappa shape index (κ1) is 9.93. The van der Waals surface area contributed by atoms with Crippen molar-refractivity contribution in [2.75, 3.05) is 6.54 Å². The van der Waals surface area contributed by atoms with Gasteiger partial charge in [-0.1, -0.05) is 29.8 Å². The van der Waals surface area contributed by atoms with Gasteiger partial charge >= 0.3 is 0 Å². The summed E-state index contributed by atoms with van der Waals surface area (Å²) in [5.74, 6) is 0.174. The van der Waals surface area contributed by atoms with Crippen molar-refractivity contribution in [3.05, 3.63) is 35.4 Å². The van der Waals surface area contributed by atoms with Crippen LogP contribution in [-0.2, 0) is 11.3 Å². The molecule has 0 bridgehead atoms. The Labute approximate surface area is 79.0 Å². The Bertz CT molecular complexity index is 294. The fraction of sp³-hybridized carbons (Fsp3) is 0.364. The molecule has 1 aromatic carbocycles. The average Bonchev–Trinajstić information content (AvgIpc) is 2.03. The maximum atomic E-state index is 10.6. The highest BCUT2D eigenvalue weighted by Gasteiger charge is 1.94. The summed E-state index contributed by atoms with van der Waals surface area (Å²) in [6.45, 7) is 4.87. The second kappa shape index (κ2) is 4.77. The van der Waals surface area contributed by atoms with Gasteiger partial charge in [0.05, 0.1) is 6.54 Å². The molecule has 0 fully saturated rings. The first-order chi connectivity index (χ1) is 6.18. The van der Waals surface area contributed by atoms with Crippen molar-refractivity contribution >= 4 is 5.78 Å². The van der Waals surface area contributed by atoms with Crippen LogP contribution in [0.3, 0.4) is 0 Å². The summed E-state index contributed by atoms with van der Waals surface area (Å²) in [5.41, 5.74) is 2.48. The van der Waals surface area contributed by atoms with Gasteiger partial charge in [-0.2, -0.15) is 0 Å². The molecule has 13 heavy (non-hydrogen) atoms. The lowest BCUT2D eigenvalue weighted by Gasteiger charge is -2.03. The lowest BCUT2D eigenvalue weighted by atomic mass is 10.1. The fourth-order valence-corrected chi connectivity index (χ4v) is 1.20. The molecule has 1 aromatic rings. The molecule has 0 atom stereocenters. The molecular formula is C11H15NO. The van der Waals surface area contributed by atoms with E-state index in [1.165, 1.54) is 11.1 Å². The monoisotopic (exact) mass is 177 g/mol. The molecule has 70 valence electrons. The second-order valence-electron chi connectivity index (χ2n) is 3.29. The number of Topliss-reactive ketones (excluding diaryl/α,β-unsaturated/α-hetero) is 1. The number of rotatable bonds is 4. The molecule has 1 N–H and O–H groups in total. The quantitative estimate of drug-likeness (QED) is 0.758. The van der Waals surface area contributed by atoms with Crippen molar-refractivity contribution in [3.63, 3.8) is 0 Å². The number of carbonyl (C=O) groups is 1. The second-order valence-corrected chi connectivity index (χ2v) is 3.29. The molecule has 0 unspecified atom stereocenters. The van der Waals surface area contributed by atoms with Gasteiger partial charge in [-0.05, 0) is 19.4 Å². The zero-order valence-electron chi connectivity index (χ0n) is 8.13. The van der Waals surface area contributed by atoms with Gasteiger partial charge in [-0.15, -0.1) is 0 Å². The molecule has 0 saturated carbocycles. The van der Waals surface area contributed by atoms with Gasteiger partial charge in [0, 0.05) is 6.54 Å². The molecule has 0 heterocycles. The Balaban J connectivity index is 2.41. The number of aryl methyl sites for hydroxylation is 1. The van der Waals surface area contributed by atoms with Crippen molar-refractivity contribution in [3.8, 4) is 0 Å². The molecule has 0 spiro atoms. The first-order valence-corrected chi connectivity index (χ1v) is 4.44. The fourth-order valence-electron chi connectivity index (χ4n) is 1.20. The van der Waals surface area contributed by atoms with E-state index in [9.17, 15) is 4.79 Å². The highest BCUT2D eigenvalue weighted by molar-refractivity contribution is 5.77. The topological polar surface area (TPSA) is 29.1 Å². The normalized spacial score (nSPS) is 10.0. The number of hydrogen-bond acceptors (Lipinski definition) is 2. The van der Waals surface area contributed by atoms with Crippen LogP contribution >= 0.6 is 0 Å². The van der Waals surface area contributed by atoms with Crippen LogP contribution in [-0.4, -0.2) is 12.3 Å². The smallest absolute Gasteiger partial charge is 0.143 e. The summed E-state index contributed by atoms with van der Waals surface area (Å²) >= 11 is 0. The van der Waals surface area contributed by atoms with E-state index in [0.717, 1.165) is 6.54 Å². The minimum atomic E-state index is 0.174. The Morgan fingerprint density at radius 3 is 2.85 bits per heavy atom. The van der Waals surface area contributed by atoms with Gasteiger partial charge in [0.1, 0.15) is 5.78 Å². The highest BCUT2D eigenvalue weighted by atomic mass is 16.1. The molecule has 0 aliphatic rings. The largest absolute Gasteiger partial charge is 0.306 e.